The molecule has 0 radical (unpaired) electrons. The lowest BCUT2D eigenvalue weighted by molar-refractivity contribution is -0.116. The fourth-order valence-electron chi connectivity index (χ4n) is 1.90. The highest BCUT2D eigenvalue weighted by Gasteiger charge is 2.32. The van der Waals surface area contributed by atoms with Crippen molar-refractivity contribution < 1.29 is 9.59 Å². The van der Waals surface area contributed by atoms with Crippen molar-refractivity contribution in [1.82, 2.24) is 10.2 Å². The van der Waals surface area contributed by atoms with E-state index in [1.165, 1.54) is 4.90 Å². The average Bonchev–Trinajstić information content (AvgIpc) is 2.62. The molecule has 5 heteroatoms. The van der Waals surface area contributed by atoms with Crippen LogP contribution in [0.3, 0.4) is 0 Å². The number of hydrogen-bond acceptors (Lipinski definition) is 2. The third-order valence-corrected chi connectivity index (χ3v) is 3.11. The monoisotopic (exact) mass is 278 g/mol. The molecule has 1 aliphatic rings. The highest BCUT2D eigenvalue weighted by Crippen LogP contribution is 2.19. The molecule has 2 rings (SSSR count). The Bertz CT molecular complexity index is 540. The number of amides is 3. The number of rotatable bonds is 4. The van der Waals surface area contributed by atoms with Gasteiger partial charge in [-0.3, -0.25) is 15.0 Å². The Morgan fingerprint density at radius 1 is 1.37 bits per heavy atom. The van der Waals surface area contributed by atoms with Crippen LogP contribution < -0.4 is 5.32 Å². The third-order valence-electron chi connectivity index (χ3n) is 2.88. The molecule has 1 aromatic rings. The van der Waals surface area contributed by atoms with E-state index in [1.54, 1.807) is 24.3 Å². The summed E-state index contributed by atoms with van der Waals surface area (Å²) in [5, 5.41) is 2.90. The smallest absolute Gasteiger partial charge is 0.289 e. The number of nitrogens with zero attached hydrogens (tertiary/aromatic N) is 1. The molecule has 0 aromatic heterocycles. The summed E-state index contributed by atoms with van der Waals surface area (Å²) >= 11 is 5.90. The largest absolute Gasteiger partial charge is 0.329 e. The Hall–Kier alpha value is -1.81. The van der Waals surface area contributed by atoms with Crippen molar-refractivity contribution in [1.29, 1.82) is 0 Å². The van der Waals surface area contributed by atoms with Crippen LogP contribution >= 0.6 is 11.6 Å². The minimum Gasteiger partial charge on any atom is -0.289 e. The average molecular weight is 279 g/mol. The minimum absolute atomic E-state index is 0.355. The zero-order valence-electron chi connectivity index (χ0n) is 10.6. The number of carbonyl (C=O) groups is 2. The number of benzene rings is 1. The highest BCUT2D eigenvalue weighted by molar-refractivity contribution is 6.30. The van der Waals surface area contributed by atoms with E-state index >= 15 is 0 Å². The lowest BCUT2D eigenvalue weighted by Gasteiger charge is -2.14. The Labute approximate surface area is 117 Å². The van der Waals surface area contributed by atoms with Crippen LogP contribution in [0, 0.1) is 0 Å². The maximum atomic E-state index is 11.8. The molecule has 1 aliphatic heterocycles. The molecule has 0 atom stereocenters. The number of urea groups is 1. The van der Waals surface area contributed by atoms with Gasteiger partial charge in [0.25, 0.3) is 5.91 Å². The summed E-state index contributed by atoms with van der Waals surface area (Å²) in [6, 6.07) is 6.81. The summed E-state index contributed by atoms with van der Waals surface area (Å²) in [4.78, 5) is 24.9. The van der Waals surface area contributed by atoms with Crippen molar-refractivity contribution in [3.63, 3.8) is 0 Å². The molecule has 4 nitrogen and oxygen atoms in total. The van der Waals surface area contributed by atoms with Gasteiger partial charge in [0.1, 0.15) is 5.70 Å². The molecule has 1 heterocycles. The highest BCUT2D eigenvalue weighted by atomic mass is 35.5. The SMILES string of the molecule is CCCCN1C(=O)NC(=O)C1=Cc1cccc(Cl)c1. The molecule has 1 aromatic carbocycles. The first kappa shape index (κ1) is 13.6. The topological polar surface area (TPSA) is 49.4 Å². The number of nitrogens with one attached hydrogen (secondary N) is 1. The summed E-state index contributed by atoms with van der Waals surface area (Å²) in [6.45, 7) is 2.58. The van der Waals surface area contributed by atoms with Gasteiger partial charge in [-0.15, -0.1) is 0 Å². The van der Waals surface area contributed by atoms with E-state index < -0.39 is 0 Å². The molecule has 0 bridgehead atoms. The fraction of sp³-hybridized carbons (Fsp3) is 0.286. The van der Waals surface area contributed by atoms with E-state index in [0.29, 0.717) is 17.3 Å². The Balaban J connectivity index is 2.29. The maximum Gasteiger partial charge on any atom is 0.329 e. The van der Waals surface area contributed by atoms with Gasteiger partial charge in [-0.25, -0.2) is 4.79 Å². The third kappa shape index (κ3) is 3.15. The summed E-state index contributed by atoms with van der Waals surface area (Å²) in [5.41, 5.74) is 1.18. The predicted octanol–water partition coefficient (Wildman–Crippen LogP) is 3.03. The first-order valence-corrected chi connectivity index (χ1v) is 6.59. The standard InChI is InChI=1S/C14H15ClN2O2/c1-2-3-7-17-12(13(18)16-14(17)19)9-10-5-4-6-11(15)8-10/h4-6,8-9H,2-3,7H2,1H3,(H,16,18,19). The number of halogens is 1. The normalized spacial score (nSPS) is 17.2. The van der Waals surface area contributed by atoms with Gasteiger partial charge in [0.15, 0.2) is 0 Å². The van der Waals surface area contributed by atoms with Crippen LogP contribution in [0.25, 0.3) is 6.08 Å². The minimum atomic E-state index is -0.360. The quantitative estimate of drug-likeness (QED) is 0.680. The number of hydrogen-bond donors (Lipinski definition) is 1. The summed E-state index contributed by atoms with van der Waals surface area (Å²) in [5.74, 6) is -0.360. The van der Waals surface area contributed by atoms with Crippen LogP contribution in [0.15, 0.2) is 30.0 Å². The van der Waals surface area contributed by atoms with Gasteiger partial charge in [0.05, 0.1) is 0 Å². The first-order valence-electron chi connectivity index (χ1n) is 6.22. The second-order valence-corrected chi connectivity index (χ2v) is 4.79. The molecular formula is C14H15ClN2O2. The number of unbranched alkanes of at least 4 members (excludes halogenated alkanes) is 1. The van der Waals surface area contributed by atoms with Crippen molar-refractivity contribution in [2.24, 2.45) is 0 Å². The Kier molecular flexibility index (Phi) is 4.22. The van der Waals surface area contributed by atoms with Gasteiger partial charge in [-0.05, 0) is 30.2 Å². The van der Waals surface area contributed by atoms with E-state index in [0.717, 1.165) is 18.4 Å². The Morgan fingerprint density at radius 3 is 2.84 bits per heavy atom. The van der Waals surface area contributed by atoms with Gasteiger partial charge < -0.3 is 0 Å². The number of carbonyl (C=O) groups excluding carboxylic acids is 2. The van der Waals surface area contributed by atoms with Crippen LogP contribution in [0.4, 0.5) is 4.79 Å². The van der Waals surface area contributed by atoms with Gasteiger partial charge in [-0.1, -0.05) is 37.1 Å². The van der Waals surface area contributed by atoms with Gasteiger partial charge in [0.2, 0.25) is 0 Å². The molecule has 1 N–H and O–H groups in total. The molecule has 19 heavy (non-hydrogen) atoms. The Morgan fingerprint density at radius 2 is 2.16 bits per heavy atom. The summed E-state index contributed by atoms with van der Waals surface area (Å²) < 4.78 is 0. The van der Waals surface area contributed by atoms with Crippen LogP contribution in [0.1, 0.15) is 25.3 Å². The van der Waals surface area contributed by atoms with Gasteiger partial charge in [0, 0.05) is 11.6 Å². The molecule has 1 saturated heterocycles. The van der Waals surface area contributed by atoms with Crippen LogP contribution in [0.5, 0.6) is 0 Å². The van der Waals surface area contributed by atoms with Crippen molar-refractivity contribution >= 4 is 29.6 Å². The van der Waals surface area contributed by atoms with E-state index in [4.69, 9.17) is 11.6 Å². The first-order chi connectivity index (χ1) is 9.11. The van der Waals surface area contributed by atoms with Crippen molar-refractivity contribution in [3.8, 4) is 0 Å². The van der Waals surface area contributed by atoms with Gasteiger partial charge >= 0.3 is 6.03 Å². The zero-order chi connectivity index (χ0) is 13.8. The molecule has 0 saturated carbocycles. The maximum absolute atomic E-state index is 11.8. The molecule has 100 valence electrons. The van der Waals surface area contributed by atoms with Crippen molar-refractivity contribution in [2.45, 2.75) is 19.8 Å². The molecule has 0 spiro atoms. The van der Waals surface area contributed by atoms with E-state index in [9.17, 15) is 9.59 Å². The van der Waals surface area contributed by atoms with Crippen LogP contribution in [-0.4, -0.2) is 23.4 Å². The lowest BCUT2D eigenvalue weighted by atomic mass is 10.2. The van der Waals surface area contributed by atoms with E-state index in [1.807, 2.05) is 13.0 Å². The van der Waals surface area contributed by atoms with Crippen molar-refractivity contribution in [2.75, 3.05) is 6.54 Å². The molecular weight excluding hydrogens is 264 g/mol. The molecule has 1 fully saturated rings. The lowest BCUT2D eigenvalue weighted by Crippen LogP contribution is -2.28. The van der Waals surface area contributed by atoms with Crippen LogP contribution in [0.2, 0.25) is 5.02 Å². The predicted molar refractivity (Wildman–Crippen MR) is 74.6 cm³/mol. The second-order valence-electron chi connectivity index (χ2n) is 4.35. The molecule has 3 amide bonds. The molecule has 0 unspecified atom stereocenters. The zero-order valence-corrected chi connectivity index (χ0v) is 11.4. The number of imide groups is 1. The van der Waals surface area contributed by atoms with Crippen molar-refractivity contribution in [3.05, 3.63) is 40.5 Å². The van der Waals surface area contributed by atoms with E-state index in [2.05, 4.69) is 5.32 Å². The summed E-state index contributed by atoms with van der Waals surface area (Å²) in [7, 11) is 0. The second kappa shape index (κ2) is 5.89. The fourth-order valence-corrected chi connectivity index (χ4v) is 2.10. The van der Waals surface area contributed by atoms with E-state index in [-0.39, 0.29) is 11.9 Å². The molecule has 0 aliphatic carbocycles. The van der Waals surface area contributed by atoms with Gasteiger partial charge in [-0.2, -0.15) is 0 Å². The summed E-state index contributed by atoms with van der Waals surface area (Å²) in [6.07, 6.45) is 3.50. The van der Waals surface area contributed by atoms with Crippen LogP contribution in [-0.2, 0) is 4.79 Å².